The van der Waals surface area contributed by atoms with E-state index in [1.807, 2.05) is 13.8 Å². The number of aryl methyl sites for hydroxylation is 1. The minimum atomic E-state index is -0.463. The molecule has 2 bridgehead atoms. The van der Waals surface area contributed by atoms with E-state index in [0.717, 1.165) is 16.9 Å². The predicted octanol–water partition coefficient (Wildman–Crippen LogP) is 4.51. The van der Waals surface area contributed by atoms with Crippen molar-refractivity contribution in [2.24, 2.45) is 23.7 Å². The second-order valence-corrected chi connectivity index (χ2v) is 10.4. The van der Waals surface area contributed by atoms with E-state index >= 15 is 0 Å². The van der Waals surface area contributed by atoms with Crippen molar-refractivity contribution in [3.8, 4) is 0 Å². The highest BCUT2D eigenvalue weighted by Crippen LogP contribution is 2.53. The maximum atomic E-state index is 13.1. The molecule has 1 saturated heterocycles. The summed E-state index contributed by atoms with van der Waals surface area (Å²) < 4.78 is 5.13. The molecule has 7 nitrogen and oxygen atoms in total. The molecule has 8 heteroatoms. The smallest absolute Gasteiger partial charge is 0.341 e. The molecule has 2 aliphatic carbocycles. The molecule has 5 rings (SSSR count). The van der Waals surface area contributed by atoms with Gasteiger partial charge >= 0.3 is 5.97 Å². The molecule has 2 fully saturated rings. The lowest BCUT2D eigenvalue weighted by Crippen LogP contribution is -2.32. The van der Waals surface area contributed by atoms with Gasteiger partial charge in [0.15, 0.2) is 0 Å². The van der Waals surface area contributed by atoms with Gasteiger partial charge in [-0.15, -0.1) is 11.3 Å². The van der Waals surface area contributed by atoms with Crippen molar-refractivity contribution in [1.82, 2.24) is 0 Å². The molecule has 1 aromatic carbocycles. The SMILES string of the molecule is CCOC(=O)c1c(NC(=O)/C=C/c2cccc(N3C(=O)C4C5C=CC(C5)C4C3=O)c2)sc(C)c1C. The van der Waals surface area contributed by atoms with Crippen molar-refractivity contribution in [2.75, 3.05) is 16.8 Å². The second kappa shape index (κ2) is 8.92. The summed E-state index contributed by atoms with van der Waals surface area (Å²) >= 11 is 1.32. The molecule has 1 saturated carbocycles. The Morgan fingerprint density at radius 3 is 2.49 bits per heavy atom. The Morgan fingerprint density at radius 2 is 1.83 bits per heavy atom. The number of ether oxygens (including phenoxy) is 1. The van der Waals surface area contributed by atoms with Crippen LogP contribution in [0.2, 0.25) is 0 Å². The molecule has 0 spiro atoms. The number of anilines is 2. The van der Waals surface area contributed by atoms with E-state index in [0.29, 0.717) is 21.8 Å². The number of amides is 3. The highest BCUT2D eigenvalue weighted by Gasteiger charge is 2.59. The van der Waals surface area contributed by atoms with E-state index < -0.39 is 11.9 Å². The number of hydrogen-bond acceptors (Lipinski definition) is 6. The maximum absolute atomic E-state index is 13.1. The number of esters is 1. The lowest BCUT2D eigenvalue weighted by Gasteiger charge is -2.17. The molecule has 180 valence electrons. The number of allylic oxidation sites excluding steroid dienone is 2. The standard InChI is InChI=1S/C27H26N2O5S/c1-4-34-27(33)21-14(2)15(3)35-24(21)28-20(30)11-8-16-6-5-7-19(12-16)29-25(31)22-17-9-10-18(13-17)23(22)26(29)32/h5-12,17-18,22-23H,4,13H2,1-3H3,(H,28,30)/b11-8+. The van der Waals surface area contributed by atoms with Crippen molar-refractivity contribution in [2.45, 2.75) is 27.2 Å². The number of carbonyl (C=O) groups excluding carboxylic acids is 4. The Hall–Kier alpha value is -3.52. The van der Waals surface area contributed by atoms with Crippen molar-refractivity contribution in [3.05, 3.63) is 64.1 Å². The number of rotatable bonds is 6. The summed E-state index contributed by atoms with van der Waals surface area (Å²) in [6.45, 7) is 5.69. The van der Waals surface area contributed by atoms with Crippen LogP contribution in [0.15, 0.2) is 42.5 Å². The van der Waals surface area contributed by atoms with Crippen LogP contribution in [0.5, 0.6) is 0 Å². The minimum Gasteiger partial charge on any atom is -0.462 e. The lowest BCUT2D eigenvalue weighted by molar-refractivity contribution is -0.123. The first kappa shape index (κ1) is 23.2. The van der Waals surface area contributed by atoms with Gasteiger partial charge in [0, 0.05) is 11.0 Å². The van der Waals surface area contributed by atoms with Crippen LogP contribution < -0.4 is 10.2 Å². The van der Waals surface area contributed by atoms with E-state index in [-0.39, 0.29) is 42.1 Å². The summed E-state index contributed by atoms with van der Waals surface area (Å²) in [5.74, 6) is -1.33. The van der Waals surface area contributed by atoms with Crippen LogP contribution in [0.1, 0.15) is 39.7 Å². The lowest BCUT2D eigenvalue weighted by atomic mass is 9.85. The van der Waals surface area contributed by atoms with E-state index in [1.165, 1.54) is 22.3 Å². The first-order valence-corrected chi connectivity index (χ1v) is 12.5. The number of carbonyl (C=O) groups is 4. The van der Waals surface area contributed by atoms with Gasteiger partial charge in [-0.25, -0.2) is 9.69 Å². The van der Waals surface area contributed by atoms with E-state index in [2.05, 4.69) is 17.5 Å². The molecule has 0 radical (unpaired) electrons. The normalized spacial score (nSPS) is 24.5. The van der Waals surface area contributed by atoms with Gasteiger partial charge < -0.3 is 10.1 Å². The second-order valence-electron chi connectivity index (χ2n) is 9.14. The molecule has 2 aromatic rings. The van der Waals surface area contributed by atoms with Crippen LogP contribution in [0.3, 0.4) is 0 Å². The Balaban J connectivity index is 1.32. The topological polar surface area (TPSA) is 92.8 Å². The fourth-order valence-electron chi connectivity index (χ4n) is 5.41. The van der Waals surface area contributed by atoms with E-state index in [4.69, 9.17) is 4.74 Å². The summed E-state index contributed by atoms with van der Waals surface area (Å²) in [6.07, 6.45) is 8.02. The average Bonchev–Trinajstić information content (AvgIpc) is 3.56. The molecule has 35 heavy (non-hydrogen) atoms. The van der Waals surface area contributed by atoms with Crippen LogP contribution in [-0.2, 0) is 19.1 Å². The van der Waals surface area contributed by atoms with Crippen LogP contribution in [0.4, 0.5) is 10.7 Å². The van der Waals surface area contributed by atoms with Crippen LogP contribution in [0.25, 0.3) is 6.08 Å². The zero-order valence-corrected chi connectivity index (χ0v) is 20.6. The molecule has 4 atom stereocenters. The monoisotopic (exact) mass is 490 g/mol. The maximum Gasteiger partial charge on any atom is 0.341 e. The Kier molecular flexibility index (Phi) is 5.92. The first-order valence-electron chi connectivity index (χ1n) is 11.7. The third-order valence-corrected chi connectivity index (χ3v) is 8.25. The Morgan fingerprint density at radius 1 is 1.14 bits per heavy atom. The van der Waals surface area contributed by atoms with Crippen molar-refractivity contribution >= 4 is 51.8 Å². The van der Waals surface area contributed by atoms with Gasteiger partial charge in [-0.05, 0) is 68.4 Å². The number of nitrogens with zero attached hydrogens (tertiary/aromatic N) is 1. The number of nitrogens with one attached hydrogen (secondary N) is 1. The zero-order chi connectivity index (χ0) is 24.9. The average molecular weight is 491 g/mol. The first-order chi connectivity index (χ1) is 16.8. The van der Waals surface area contributed by atoms with Crippen molar-refractivity contribution < 1.29 is 23.9 Å². The number of imide groups is 1. The van der Waals surface area contributed by atoms with Crippen LogP contribution in [-0.4, -0.2) is 30.3 Å². The quantitative estimate of drug-likeness (QED) is 0.278. The summed E-state index contributed by atoms with van der Waals surface area (Å²) in [7, 11) is 0. The molecule has 1 aromatic heterocycles. The molecule has 1 aliphatic heterocycles. The number of fused-ring (bicyclic) bond motifs is 5. The van der Waals surface area contributed by atoms with Gasteiger partial charge in [0.25, 0.3) is 0 Å². The predicted molar refractivity (Wildman–Crippen MR) is 134 cm³/mol. The fourth-order valence-corrected chi connectivity index (χ4v) is 6.47. The number of hydrogen-bond donors (Lipinski definition) is 1. The molecule has 1 N–H and O–H groups in total. The molecule has 2 heterocycles. The summed E-state index contributed by atoms with van der Waals surface area (Å²) in [4.78, 5) is 53.4. The third-order valence-electron chi connectivity index (χ3n) is 7.13. The highest BCUT2D eigenvalue weighted by molar-refractivity contribution is 7.16. The third kappa shape index (κ3) is 3.91. The Bertz CT molecular complexity index is 1280. The fraction of sp³-hybridized carbons (Fsp3) is 0.333. The summed E-state index contributed by atoms with van der Waals surface area (Å²) in [5, 5.41) is 3.22. The van der Waals surface area contributed by atoms with Gasteiger partial charge in [-0.1, -0.05) is 24.3 Å². The van der Waals surface area contributed by atoms with Crippen LogP contribution >= 0.6 is 11.3 Å². The zero-order valence-electron chi connectivity index (χ0n) is 19.7. The highest BCUT2D eigenvalue weighted by atomic mass is 32.1. The molecule has 3 aliphatic rings. The summed E-state index contributed by atoms with van der Waals surface area (Å²) in [5.41, 5.74) is 2.36. The largest absolute Gasteiger partial charge is 0.462 e. The van der Waals surface area contributed by atoms with Crippen molar-refractivity contribution in [3.63, 3.8) is 0 Å². The van der Waals surface area contributed by atoms with Gasteiger partial charge in [0.1, 0.15) is 5.00 Å². The Labute approximate surface area is 207 Å². The number of benzene rings is 1. The molecule has 3 amide bonds. The molecular formula is C27H26N2O5S. The van der Waals surface area contributed by atoms with Gasteiger partial charge in [0.05, 0.1) is 29.7 Å². The molecule has 4 unspecified atom stereocenters. The van der Waals surface area contributed by atoms with E-state index in [9.17, 15) is 19.2 Å². The van der Waals surface area contributed by atoms with Gasteiger partial charge in [0.2, 0.25) is 17.7 Å². The van der Waals surface area contributed by atoms with Crippen molar-refractivity contribution in [1.29, 1.82) is 0 Å². The number of thiophene rings is 1. The minimum absolute atomic E-state index is 0.134. The van der Waals surface area contributed by atoms with Gasteiger partial charge in [-0.2, -0.15) is 0 Å². The van der Waals surface area contributed by atoms with Crippen LogP contribution in [0, 0.1) is 37.5 Å². The summed E-state index contributed by atoms with van der Waals surface area (Å²) in [6, 6.07) is 7.04. The molecular weight excluding hydrogens is 464 g/mol. The van der Waals surface area contributed by atoms with Gasteiger partial charge in [-0.3, -0.25) is 14.4 Å². The van der Waals surface area contributed by atoms with E-state index in [1.54, 1.807) is 37.3 Å².